The van der Waals surface area contributed by atoms with Crippen LogP contribution in [-0.4, -0.2) is 25.5 Å². The largest absolute Gasteiger partial charge is 0.497 e. The predicted molar refractivity (Wildman–Crippen MR) is 89.1 cm³/mol. The van der Waals surface area contributed by atoms with Gasteiger partial charge in [-0.25, -0.2) is 0 Å². The molecule has 0 unspecified atom stereocenters. The molecule has 0 aliphatic carbocycles. The minimum Gasteiger partial charge on any atom is -0.497 e. The van der Waals surface area contributed by atoms with Crippen molar-refractivity contribution in [2.45, 2.75) is 25.7 Å². The molecule has 24 heavy (non-hydrogen) atoms. The molecule has 1 aromatic carbocycles. The molecule has 3 rings (SSSR count). The van der Waals surface area contributed by atoms with Gasteiger partial charge in [-0.1, -0.05) is 0 Å². The summed E-state index contributed by atoms with van der Waals surface area (Å²) in [6, 6.07) is 9.12. The van der Waals surface area contributed by atoms with Crippen LogP contribution < -0.4 is 15.4 Å². The third-order valence-electron chi connectivity index (χ3n) is 4.08. The number of benzene rings is 1. The van der Waals surface area contributed by atoms with Gasteiger partial charge in [0.05, 0.1) is 13.0 Å². The minimum absolute atomic E-state index is 0.131. The summed E-state index contributed by atoms with van der Waals surface area (Å²) in [4.78, 5) is 24.4. The standard InChI is InChI=1S/C18H20N2O4/c1-11-3-4-12(24-11)7-8-19-18(22)15-10-17(21)20-16-6-5-13(23-2)9-14(15)16/h3-6,9,15H,7-8,10H2,1-2H3,(H,19,22)(H,20,21)/t15-/m0/s1. The number of hydrogen-bond acceptors (Lipinski definition) is 4. The van der Waals surface area contributed by atoms with E-state index in [0.29, 0.717) is 24.4 Å². The lowest BCUT2D eigenvalue weighted by Crippen LogP contribution is -2.35. The molecule has 0 spiro atoms. The number of hydrogen-bond donors (Lipinski definition) is 2. The Morgan fingerprint density at radius 1 is 1.38 bits per heavy atom. The van der Waals surface area contributed by atoms with Crippen LogP contribution in [0.1, 0.15) is 29.4 Å². The van der Waals surface area contributed by atoms with Crippen LogP contribution in [0.3, 0.4) is 0 Å². The van der Waals surface area contributed by atoms with Crippen LogP contribution in [0.4, 0.5) is 5.69 Å². The number of furan rings is 1. The first kappa shape index (κ1) is 16.1. The molecule has 126 valence electrons. The van der Waals surface area contributed by atoms with Gasteiger partial charge in [0, 0.05) is 25.1 Å². The first-order chi connectivity index (χ1) is 11.6. The molecule has 2 heterocycles. The average molecular weight is 328 g/mol. The fourth-order valence-electron chi connectivity index (χ4n) is 2.85. The fraction of sp³-hybridized carbons (Fsp3) is 0.333. The van der Waals surface area contributed by atoms with Crippen LogP contribution >= 0.6 is 0 Å². The normalized spacial score (nSPS) is 16.2. The molecule has 0 saturated carbocycles. The van der Waals surface area contributed by atoms with Gasteiger partial charge in [0.15, 0.2) is 0 Å². The van der Waals surface area contributed by atoms with E-state index in [2.05, 4.69) is 10.6 Å². The Kier molecular flexibility index (Phi) is 4.55. The lowest BCUT2D eigenvalue weighted by Gasteiger charge is -2.25. The monoisotopic (exact) mass is 328 g/mol. The Morgan fingerprint density at radius 2 is 2.21 bits per heavy atom. The van der Waals surface area contributed by atoms with E-state index in [-0.39, 0.29) is 18.2 Å². The predicted octanol–water partition coefficient (Wildman–Crippen LogP) is 2.38. The van der Waals surface area contributed by atoms with Crippen molar-refractivity contribution in [3.8, 4) is 5.75 Å². The molecule has 6 heteroatoms. The summed E-state index contributed by atoms with van der Waals surface area (Å²) in [5.41, 5.74) is 1.44. The van der Waals surface area contributed by atoms with Crippen LogP contribution in [0.2, 0.25) is 0 Å². The number of carbonyl (C=O) groups is 2. The third-order valence-corrected chi connectivity index (χ3v) is 4.08. The number of methoxy groups -OCH3 is 1. The summed E-state index contributed by atoms with van der Waals surface area (Å²) in [6.07, 6.45) is 0.745. The molecule has 2 aromatic rings. The molecule has 2 amide bonds. The van der Waals surface area contributed by atoms with Gasteiger partial charge in [0.1, 0.15) is 17.3 Å². The van der Waals surface area contributed by atoms with Gasteiger partial charge in [-0.3, -0.25) is 9.59 Å². The van der Waals surface area contributed by atoms with Crippen molar-refractivity contribution in [3.63, 3.8) is 0 Å². The van der Waals surface area contributed by atoms with E-state index >= 15 is 0 Å². The van der Waals surface area contributed by atoms with E-state index < -0.39 is 5.92 Å². The van der Waals surface area contributed by atoms with Crippen molar-refractivity contribution in [2.24, 2.45) is 0 Å². The smallest absolute Gasteiger partial charge is 0.228 e. The Balaban J connectivity index is 1.69. The minimum atomic E-state index is -0.512. The molecule has 2 N–H and O–H groups in total. The van der Waals surface area contributed by atoms with Gasteiger partial charge in [0.25, 0.3) is 0 Å². The summed E-state index contributed by atoms with van der Waals surface area (Å²) in [5, 5.41) is 5.68. The summed E-state index contributed by atoms with van der Waals surface area (Å²) < 4.78 is 10.7. The summed E-state index contributed by atoms with van der Waals surface area (Å²) in [5.74, 6) is 1.51. The molecule has 6 nitrogen and oxygen atoms in total. The van der Waals surface area contributed by atoms with E-state index in [4.69, 9.17) is 9.15 Å². The van der Waals surface area contributed by atoms with E-state index in [0.717, 1.165) is 17.1 Å². The van der Waals surface area contributed by atoms with Gasteiger partial charge in [-0.2, -0.15) is 0 Å². The highest BCUT2D eigenvalue weighted by atomic mass is 16.5. The molecule has 0 radical (unpaired) electrons. The summed E-state index contributed by atoms with van der Waals surface area (Å²) in [6.45, 7) is 2.34. The maximum Gasteiger partial charge on any atom is 0.228 e. The van der Waals surface area contributed by atoms with Gasteiger partial charge >= 0.3 is 0 Å². The second-order valence-electron chi connectivity index (χ2n) is 5.81. The Hall–Kier alpha value is -2.76. The lowest BCUT2D eigenvalue weighted by atomic mass is 9.89. The van der Waals surface area contributed by atoms with Gasteiger partial charge < -0.3 is 19.8 Å². The molecular formula is C18H20N2O4. The fourth-order valence-corrected chi connectivity index (χ4v) is 2.85. The molecule has 1 aliphatic heterocycles. The second kappa shape index (κ2) is 6.78. The number of rotatable bonds is 5. The van der Waals surface area contributed by atoms with Crippen molar-refractivity contribution in [3.05, 3.63) is 47.4 Å². The zero-order valence-corrected chi connectivity index (χ0v) is 13.7. The Labute approximate surface area is 140 Å². The number of nitrogens with one attached hydrogen (secondary N) is 2. The number of amides is 2. The number of anilines is 1. The highest BCUT2D eigenvalue weighted by Gasteiger charge is 2.30. The van der Waals surface area contributed by atoms with Crippen LogP contribution in [0.5, 0.6) is 5.75 Å². The Bertz CT molecular complexity index is 766. The average Bonchev–Trinajstić information content (AvgIpc) is 2.98. The summed E-state index contributed by atoms with van der Waals surface area (Å²) in [7, 11) is 1.57. The zero-order chi connectivity index (χ0) is 17.1. The molecule has 0 fully saturated rings. The van der Waals surface area contributed by atoms with Gasteiger partial charge in [0.2, 0.25) is 11.8 Å². The zero-order valence-electron chi connectivity index (χ0n) is 13.7. The van der Waals surface area contributed by atoms with Crippen molar-refractivity contribution >= 4 is 17.5 Å². The highest BCUT2D eigenvalue weighted by molar-refractivity contribution is 6.01. The molecule has 0 saturated heterocycles. The van der Waals surface area contributed by atoms with Crippen LogP contribution in [0.15, 0.2) is 34.7 Å². The second-order valence-corrected chi connectivity index (χ2v) is 5.81. The van der Waals surface area contributed by atoms with Gasteiger partial charge in [-0.15, -0.1) is 0 Å². The van der Waals surface area contributed by atoms with Crippen molar-refractivity contribution < 1.29 is 18.7 Å². The van der Waals surface area contributed by atoms with Crippen molar-refractivity contribution in [2.75, 3.05) is 19.0 Å². The van der Waals surface area contributed by atoms with Crippen LogP contribution in [-0.2, 0) is 16.0 Å². The molecular weight excluding hydrogens is 308 g/mol. The molecule has 1 aromatic heterocycles. The summed E-state index contributed by atoms with van der Waals surface area (Å²) >= 11 is 0. The van der Waals surface area contributed by atoms with Crippen LogP contribution in [0.25, 0.3) is 0 Å². The number of carbonyl (C=O) groups excluding carboxylic acids is 2. The topological polar surface area (TPSA) is 80.6 Å². The van der Waals surface area contributed by atoms with E-state index in [1.165, 1.54) is 0 Å². The Morgan fingerprint density at radius 3 is 2.92 bits per heavy atom. The number of aryl methyl sites for hydroxylation is 1. The van der Waals surface area contributed by atoms with Crippen molar-refractivity contribution in [1.29, 1.82) is 0 Å². The first-order valence-corrected chi connectivity index (χ1v) is 7.87. The molecule has 1 atom stereocenters. The number of fused-ring (bicyclic) bond motifs is 1. The SMILES string of the molecule is COc1ccc2c(c1)[C@@H](C(=O)NCCc1ccc(C)o1)CC(=O)N2. The highest BCUT2D eigenvalue weighted by Crippen LogP contribution is 2.34. The maximum atomic E-state index is 12.5. The molecule has 1 aliphatic rings. The quantitative estimate of drug-likeness (QED) is 0.883. The first-order valence-electron chi connectivity index (χ1n) is 7.87. The van der Waals surface area contributed by atoms with E-state index in [1.807, 2.05) is 19.1 Å². The third kappa shape index (κ3) is 3.42. The number of ether oxygens (including phenoxy) is 1. The van der Waals surface area contributed by atoms with E-state index in [1.54, 1.807) is 25.3 Å². The molecule has 0 bridgehead atoms. The van der Waals surface area contributed by atoms with E-state index in [9.17, 15) is 9.59 Å². The van der Waals surface area contributed by atoms with Gasteiger partial charge in [-0.05, 0) is 42.8 Å². The lowest BCUT2D eigenvalue weighted by molar-refractivity contribution is -0.126. The van der Waals surface area contributed by atoms with Crippen LogP contribution in [0, 0.1) is 6.92 Å². The maximum absolute atomic E-state index is 12.5. The van der Waals surface area contributed by atoms with Crippen molar-refractivity contribution in [1.82, 2.24) is 5.32 Å².